The second-order valence-electron chi connectivity index (χ2n) is 6.52. The fraction of sp³-hybridized carbons (Fsp3) is 0.0870. The standard InChI is InChI=1S/C23H17N/c1-16-8-7-13-20-21(16)23(18-10-3-2-4-11-18)15-14-17-9-5-6-12-19(17)22(23)24-20/h2-15H,1H3/t23-/m0/s1. The van der Waals surface area contributed by atoms with Crippen molar-refractivity contribution in [1.29, 1.82) is 0 Å². The summed E-state index contributed by atoms with van der Waals surface area (Å²) >= 11 is 0. The molecule has 0 saturated heterocycles. The lowest BCUT2D eigenvalue weighted by molar-refractivity contribution is 0.881. The van der Waals surface area contributed by atoms with Crippen LogP contribution in [-0.2, 0) is 5.41 Å². The predicted molar refractivity (Wildman–Crippen MR) is 100 cm³/mol. The smallest absolute Gasteiger partial charge is 0.0837 e. The van der Waals surface area contributed by atoms with Crippen LogP contribution in [0.15, 0.2) is 83.9 Å². The molecule has 3 aromatic carbocycles. The van der Waals surface area contributed by atoms with Gasteiger partial charge in [-0.3, -0.25) is 4.99 Å². The van der Waals surface area contributed by atoms with E-state index in [0.717, 1.165) is 11.4 Å². The Hall–Kier alpha value is -2.93. The summed E-state index contributed by atoms with van der Waals surface area (Å²) in [6.45, 7) is 2.19. The minimum absolute atomic E-state index is 0.281. The van der Waals surface area contributed by atoms with Gasteiger partial charge in [0, 0.05) is 11.1 Å². The molecule has 1 aliphatic carbocycles. The van der Waals surface area contributed by atoms with Crippen molar-refractivity contribution in [2.45, 2.75) is 12.3 Å². The molecule has 1 heteroatoms. The third-order valence-corrected chi connectivity index (χ3v) is 5.21. The molecule has 0 bridgehead atoms. The molecule has 114 valence electrons. The quantitative estimate of drug-likeness (QED) is 0.567. The molecule has 1 aliphatic heterocycles. The Bertz CT molecular complexity index is 1010. The van der Waals surface area contributed by atoms with Gasteiger partial charge in [0.05, 0.1) is 16.8 Å². The van der Waals surface area contributed by atoms with Gasteiger partial charge in [-0.2, -0.15) is 0 Å². The largest absolute Gasteiger partial charge is 0.251 e. The summed E-state index contributed by atoms with van der Waals surface area (Å²) in [4.78, 5) is 5.09. The van der Waals surface area contributed by atoms with E-state index in [2.05, 4.69) is 91.9 Å². The third-order valence-electron chi connectivity index (χ3n) is 5.21. The normalized spacial score (nSPS) is 20.1. The molecular formula is C23H17N. The first kappa shape index (κ1) is 13.5. The van der Waals surface area contributed by atoms with Gasteiger partial charge in [0.2, 0.25) is 0 Å². The molecule has 24 heavy (non-hydrogen) atoms. The first-order valence-electron chi connectivity index (χ1n) is 8.34. The van der Waals surface area contributed by atoms with Gasteiger partial charge in [0.1, 0.15) is 0 Å². The zero-order chi connectivity index (χ0) is 16.1. The summed E-state index contributed by atoms with van der Waals surface area (Å²) in [7, 11) is 0. The lowest BCUT2D eigenvalue weighted by atomic mass is 9.66. The molecule has 2 aliphatic rings. The van der Waals surface area contributed by atoms with Gasteiger partial charge in [-0.1, -0.05) is 78.9 Å². The average molecular weight is 307 g/mol. The maximum absolute atomic E-state index is 5.09. The second kappa shape index (κ2) is 4.78. The van der Waals surface area contributed by atoms with E-state index < -0.39 is 0 Å². The van der Waals surface area contributed by atoms with Gasteiger partial charge in [-0.25, -0.2) is 0 Å². The highest BCUT2D eigenvalue weighted by Gasteiger charge is 2.46. The SMILES string of the molecule is Cc1cccc2c1[C@@]1(c3ccccc3)C=Cc3ccccc3C1=N2. The molecule has 0 aromatic heterocycles. The van der Waals surface area contributed by atoms with Crippen molar-refractivity contribution >= 4 is 17.5 Å². The number of aryl methyl sites for hydroxylation is 1. The van der Waals surface area contributed by atoms with Crippen LogP contribution < -0.4 is 0 Å². The Labute approximate surface area is 142 Å². The van der Waals surface area contributed by atoms with Crippen LogP contribution in [0.2, 0.25) is 0 Å². The van der Waals surface area contributed by atoms with Crippen LogP contribution >= 0.6 is 0 Å². The van der Waals surface area contributed by atoms with Gasteiger partial charge in [0.25, 0.3) is 0 Å². The van der Waals surface area contributed by atoms with E-state index in [1.54, 1.807) is 0 Å². The lowest BCUT2D eigenvalue weighted by Crippen LogP contribution is -2.36. The highest BCUT2D eigenvalue weighted by Crippen LogP contribution is 2.51. The molecule has 1 atom stereocenters. The summed E-state index contributed by atoms with van der Waals surface area (Å²) < 4.78 is 0. The van der Waals surface area contributed by atoms with Crippen molar-refractivity contribution in [3.8, 4) is 0 Å². The zero-order valence-electron chi connectivity index (χ0n) is 13.5. The number of nitrogens with zero attached hydrogens (tertiary/aromatic N) is 1. The number of hydrogen-bond acceptors (Lipinski definition) is 1. The molecule has 1 nitrogen and oxygen atoms in total. The van der Waals surface area contributed by atoms with Crippen LogP contribution in [0.1, 0.15) is 27.8 Å². The topological polar surface area (TPSA) is 12.4 Å². The van der Waals surface area contributed by atoms with E-state index in [1.165, 1.54) is 27.8 Å². The second-order valence-corrected chi connectivity index (χ2v) is 6.52. The van der Waals surface area contributed by atoms with Crippen molar-refractivity contribution in [2.75, 3.05) is 0 Å². The van der Waals surface area contributed by atoms with Crippen LogP contribution in [-0.4, -0.2) is 5.71 Å². The van der Waals surface area contributed by atoms with Crippen LogP contribution in [0.25, 0.3) is 6.08 Å². The molecule has 0 fully saturated rings. The van der Waals surface area contributed by atoms with E-state index in [9.17, 15) is 0 Å². The van der Waals surface area contributed by atoms with Gasteiger partial charge < -0.3 is 0 Å². The average Bonchev–Trinajstić information content (AvgIpc) is 3.00. The maximum atomic E-state index is 5.09. The van der Waals surface area contributed by atoms with E-state index in [-0.39, 0.29) is 5.41 Å². The minimum Gasteiger partial charge on any atom is -0.251 e. The first-order chi connectivity index (χ1) is 11.8. The van der Waals surface area contributed by atoms with Crippen molar-refractivity contribution in [2.24, 2.45) is 4.99 Å². The molecular weight excluding hydrogens is 290 g/mol. The van der Waals surface area contributed by atoms with Gasteiger partial charge in [-0.05, 0) is 29.7 Å². The minimum atomic E-state index is -0.281. The Balaban J connectivity index is 1.91. The van der Waals surface area contributed by atoms with Crippen molar-refractivity contribution in [3.63, 3.8) is 0 Å². The molecule has 0 N–H and O–H groups in total. The molecule has 0 saturated carbocycles. The summed E-state index contributed by atoms with van der Waals surface area (Å²) in [5.74, 6) is 0. The lowest BCUT2D eigenvalue weighted by Gasteiger charge is -2.34. The van der Waals surface area contributed by atoms with Gasteiger partial charge in [0.15, 0.2) is 0 Å². The molecule has 3 aromatic rings. The third kappa shape index (κ3) is 1.62. The molecule has 0 spiro atoms. The van der Waals surface area contributed by atoms with E-state index >= 15 is 0 Å². The highest BCUT2D eigenvalue weighted by atomic mass is 14.8. The Morgan fingerprint density at radius 1 is 0.792 bits per heavy atom. The molecule has 0 unspecified atom stereocenters. The number of allylic oxidation sites excluding steroid dienone is 1. The number of fused-ring (bicyclic) bond motifs is 5. The Kier molecular flexibility index (Phi) is 2.69. The van der Waals surface area contributed by atoms with Gasteiger partial charge >= 0.3 is 0 Å². The summed E-state index contributed by atoms with van der Waals surface area (Å²) in [6, 6.07) is 25.7. The van der Waals surface area contributed by atoms with E-state index in [1.807, 2.05) is 0 Å². The van der Waals surface area contributed by atoms with Crippen molar-refractivity contribution in [3.05, 3.63) is 107 Å². The van der Waals surface area contributed by atoms with Crippen molar-refractivity contribution < 1.29 is 0 Å². The molecule has 5 rings (SSSR count). The Morgan fingerprint density at radius 2 is 1.58 bits per heavy atom. The molecule has 1 heterocycles. The monoisotopic (exact) mass is 307 g/mol. The highest BCUT2D eigenvalue weighted by molar-refractivity contribution is 6.20. The predicted octanol–water partition coefficient (Wildman–Crippen LogP) is 5.44. The molecule has 0 amide bonds. The number of benzene rings is 3. The summed E-state index contributed by atoms with van der Waals surface area (Å²) in [5, 5.41) is 0. The maximum Gasteiger partial charge on any atom is 0.0837 e. The Morgan fingerprint density at radius 3 is 2.46 bits per heavy atom. The number of hydrogen-bond donors (Lipinski definition) is 0. The van der Waals surface area contributed by atoms with E-state index in [4.69, 9.17) is 4.99 Å². The number of aliphatic imine (C=N–C) groups is 1. The van der Waals surface area contributed by atoms with Crippen LogP contribution in [0.3, 0.4) is 0 Å². The zero-order valence-corrected chi connectivity index (χ0v) is 13.5. The van der Waals surface area contributed by atoms with Crippen LogP contribution in [0.5, 0.6) is 0 Å². The summed E-state index contributed by atoms with van der Waals surface area (Å²) in [6.07, 6.45) is 4.59. The van der Waals surface area contributed by atoms with E-state index in [0.29, 0.717) is 0 Å². The molecule has 0 radical (unpaired) electrons. The van der Waals surface area contributed by atoms with Crippen LogP contribution in [0.4, 0.5) is 5.69 Å². The first-order valence-corrected chi connectivity index (χ1v) is 8.34. The van der Waals surface area contributed by atoms with Crippen LogP contribution in [0, 0.1) is 6.92 Å². The summed E-state index contributed by atoms with van der Waals surface area (Å²) in [5.41, 5.74) is 8.33. The van der Waals surface area contributed by atoms with Gasteiger partial charge in [-0.15, -0.1) is 0 Å². The fourth-order valence-corrected chi connectivity index (χ4v) is 4.17. The number of rotatable bonds is 1. The fourth-order valence-electron chi connectivity index (χ4n) is 4.17. The van der Waals surface area contributed by atoms with Crippen molar-refractivity contribution in [1.82, 2.24) is 0 Å².